The summed E-state index contributed by atoms with van der Waals surface area (Å²) in [4.78, 5) is 10.4. The van der Waals surface area contributed by atoms with Crippen molar-refractivity contribution in [2.45, 2.75) is 52.4 Å². The van der Waals surface area contributed by atoms with E-state index in [-0.39, 0.29) is 11.4 Å². The highest BCUT2D eigenvalue weighted by Crippen LogP contribution is 2.32. The third-order valence-electron chi connectivity index (χ3n) is 3.04. The monoisotopic (exact) mass is 251 g/mol. The van der Waals surface area contributed by atoms with E-state index in [0.29, 0.717) is 12.0 Å². The molecule has 0 radical (unpaired) electrons. The molecule has 0 saturated carbocycles. The zero-order valence-corrected chi connectivity index (χ0v) is 11.1. The van der Waals surface area contributed by atoms with Gasteiger partial charge in [0, 0.05) is 11.6 Å². The van der Waals surface area contributed by atoms with Crippen molar-refractivity contribution in [2.75, 3.05) is 0 Å². The van der Waals surface area contributed by atoms with Crippen LogP contribution < -0.4 is 0 Å². The van der Waals surface area contributed by atoms with Gasteiger partial charge in [-0.05, 0) is 31.2 Å². The molecule has 100 valence electrons. The van der Waals surface area contributed by atoms with Crippen LogP contribution in [0, 0.1) is 10.1 Å². The molecule has 0 spiro atoms. The second kappa shape index (κ2) is 6.99. The smallest absolute Gasteiger partial charge is 0.311 e. The number of nitro benzene ring substituents is 1. The number of rotatable bonds is 7. The average Bonchev–Trinajstić information content (AvgIpc) is 2.35. The van der Waals surface area contributed by atoms with Crippen LogP contribution in [0.4, 0.5) is 5.69 Å². The minimum Gasteiger partial charge on any atom is -0.502 e. The van der Waals surface area contributed by atoms with Gasteiger partial charge in [-0.25, -0.2) is 0 Å². The lowest BCUT2D eigenvalue weighted by molar-refractivity contribution is -0.386. The van der Waals surface area contributed by atoms with Crippen LogP contribution in [0.1, 0.15) is 50.7 Å². The van der Waals surface area contributed by atoms with E-state index in [1.54, 1.807) is 0 Å². The van der Waals surface area contributed by atoms with E-state index in [0.717, 1.165) is 37.7 Å². The van der Waals surface area contributed by atoms with Crippen LogP contribution in [-0.4, -0.2) is 10.0 Å². The predicted molar refractivity (Wildman–Crippen MR) is 72.0 cm³/mol. The van der Waals surface area contributed by atoms with Crippen LogP contribution in [-0.2, 0) is 12.8 Å². The molecule has 4 nitrogen and oxygen atoms in total. The van der Waals surface area contributed by atoms with E-state index in [9.17, 15) is 15.2 Å². The summed E-state index contributed by atoms with van der Waals surface area (Å²) in [6, 6.07) is 3.41. The summed E-state index contributed by atoms with van der Waals surface area (Å²) in [7, 11) is 0. The maximum Gasteiger partial charge on any atom is 0.311 e. The Labute approximate surface area is 108 Å². The molecular formula is C14H21NO3. The standard InChI is InChI=1S/C14H21NO3/c1-3-5-7-11-9-12(8-6-4-2)14(16)13(10-11)15(17)18/h9-10,16H,3-8H2,1-2H3. The van der Waals surface area contributed by atoms with Gasteiger partial charge in [-0.2, -0.15) is 0 Å². The Balaban J connectivity index is 3.06. The molecule has 1 N–H and O–H groups in total. The van der Waals surface area contributed by atoms with Crippen molar-refractivity contribution < 1.29 is 10.0 Å². The lowest BCUT2D eigenvalue weighted by Crippen LogP contribution is -1.97. The predicted octanol–water partition coefficient (Wildman–Crippen LogP) is 3.99. The molecular weight excluding hydrogens is 230 g/mol. The van der Waals surface area contributed by atoms with Gasteiger partial charge in [0.15, 0.2) is 5.75 Å². The van der Waals surface area contributed by atoms with E-state index in [1.807, 2.05) is 6.07 Å². The maximum absolute atomic E-state index is 10.9. The molecule has 0 saturated heterocycles. The number of aryl methyl sites for hydroxylation is 2. The van der Waals surface area contributed by atoms with Crippen LogP contribution in [0.3, 0.4) is 0 Å². The molecule has 1 rings (SSSR count). The Morgan fingerprint density at radius 2 is 1.78 bits per heavy atom. The van der Waals surface area contributed by atoms with Crippen LogP contribution in [0.15, 0.2) is 12.1 Å². The van der Waals surface area contributed by atoms with Crippen molar-refractivity contribution >= 4 is 5.69 Å². The molecule has 1 aromatic carbocycles. The Morgan fingerprint density at radius 3 is 2.33 bits per heavy atom. The van der Waals surface area contributed by atoms with E-state index >= 15 is 0 Å². The first-order valence-corrected chi connectivity index (χ1v) is 6.59. The van der Waals surface area contributed by atoms with Gasteiger partial charge in [0.1, 0.15) is 0 Å². The molecule has 0 fully saturated rings. The molecule has 0 atom stereocenters. The highest BCUT2D eigenvalue weighted by molar-refractivity contribution is 5.53. The molecule has 0 aliphatic carbocycles. The number of benzene rings is 1. The molecule has 0 aliphatic rings. The molecule has 18 heavy (non-hydrogen) atoms. The van der Waals surface area contributed by atoms with Crippen LogP contribution in [0.5, 0.6) is 5.75 Å². The Kier molecular flexibility index (Phi) is 5.62. The van der Waals surface area contributed by atoms with Crippen molar-refractivity contribution in [1.29, 1.82) is 0 Å². The molecule has 0 aliphatic heterocycles. The van der Waals surface area contributed by atoms with E-state index in [1.165, 1.54) is 6.07 Å². The van der Waals surface area contributed by atoms with Crippen LogP contribution >= 0.6 is 0 Å². The van der Waals surface area contributed by atoms with E-state index < -0.39 is 4.92 Å². The third kappa shape index (κ3) is 3.72. The lowest BCUT2D eigenvalue weighted by atomic mass is 10.00. The molecule has 0 unspecified atom stereocenters. The number of nitro groups is 1. The Morgan fingerprint density at radius 1 is 1.17 bits per heavy atom. The molecule has 4 heteroatoms. The summed E-state index contributed by atoms with van der Waals surface area (Å²) < 4.78 is 0. The normalized spacial score (nSPS) is 10.6. The Hall–Kier alpha value is -1.58. The number of unbranched alkanes of at least 4 members (excludes halogenated alkanes) is 2. The fourth-order valence-corrected chi connectivity index (χ4v) is 1.96. The van der Waals surface area contributed by atoms with Gasteiger partial charge >= 0.3 is 5.69 Å². The van der Waals surface area contributed by atoms with Gasteiger partial charge in [0.2, 0.25) is 0 Å². The van der Waals surface area contributed by atoms with Gasteiger partial charge in [-0.3, -0.25) is 10.1 Å². The third-order valence-corrected chi connectivity index (χ3v) is 3.04. The summed E-state index contributed by atoms with van der Waals surface area (Å²) in [6.45, 7) is 4.15. The number of phenolic OH excluding ortho intramolecular Hbond substituents is 1. The summed E-state index contributed by atoms with van der Waals surface area (Å²) in [5.41, 5.74) is 1.50. The van der Waals surface area contributed by atoms with Crippen molar-refractivity contribution in [2.24, 2.45) is 0 Å². The maximum atomic E-state index is 10.9. The van der Waals surface area contributed by atoms with Crippen molar-refractivity contribution in [3.8, 4) is 5.75 Å². The summed E-state index contributed by atoms with van der Waals surface area (Å²) in [5, 5.41) is 20.8. The first-order chi connectivity index (χ1) is 8.60. The zero-order valence-electron chi connectivity index (χ0n) is 11.1. The molecule has 0 bridgehead atoms. The summed E-state index contributed by atoms with van der Waals surface area (Å²) >= 11 is 0. The molecule has 0 aromatic heterocycles. The number of nitrogens with zero attached hydrogens (tertiary/aromatic N) is 1. The fourth-order valence-electron chi connectivity index (χ4n) is 1.96. The van der Waals surface area contributed by atoms with Gasteiger partial charge in [0.05, 0.1) is 4.92 Å². The SMILES string of the molecule is CCCCc1cc(CCCC)c(O)c([N+](=O)[O-])c1. The lowest BCUT2D eigenvalue weighted by Gasteiger charge is -2.08. The quantitative estimate of drug-likeness (QED) is 0.588. The van der Waals surface area contributed by atoms with Gasteiger partial charge in [0.25, 0.3) is 0 Å². The van der Waals surface area contributed by atoms with E-state index in [4.69, 9.17) is 0 Å². The van der Waals surface area contributed by atoms with Gasteiger partial charge in [-0.1, -0.05) is 32.8 Å². The summed E-state index contributed by atoms with van der Waals surface area (Å²) in [6.07, 6.45) is 5.53. The highest BCUT2D eigenvalue weighted by atomic mass is 16.6. The van der Waals surface area contributed by atoms with Crippen molar-refractivity contribution in [3.05, 3.63) is 33.4 Å². The number of hydrogen-bond acceptors (Lipinski definition) is 3. The molecule has 0 heterocycles. The summed E-state index contributed by atoms with van der Waals surface area (Å²) in [5.74, 6) is -0.159. The van der Waals surface area contributed by atoms with Crippen molar-refractivity contribution in [3.63, 3.8) is 0 Å². The topological polar surface area (TPSA) is 63.4 Å². The molecule has 0 amide bonds. The second-order valence-electron chi connectivity index (χ2n) is 4.59. The average molecular weight is 251 g/mol. The minimum absolute atomic E-state index is 0.158. The second-order valence-corrected chi connectivity index (χ2v) is 4.59. The Bertz CT molecular complexity index is 416. The first-order valence-electron chi connectivity index (χ1n) is 6.59. The van der Waals surface area contributed by atoms with Gasteiger partial charge in [-0.15, -0.1) is 0 Å². The number of hydrogen-bond donors (Lipinski definition) is 1. The number of aromatic hydroxyl groups is 1. The van der Waals surface area contributed by atoms with Gasteiger partial charge < -0.3 is 5.11 Å². The van der Waals surface area contributed by atoms with Crippen LogP contribution in [0.25, 0.3) is 0 Å². The first kappa shape index (κ1) is 14.5. The highest BCUT2D eigenvalue weighted by Gasteiger charge is 2.18. The largest absolute Gasteiger partial charge is 0.502 e. The van der Waals surface area contributed by atoms with Crippen LogP contribution in [0.2, 0.25) is 0 Å². The van der Waals surface area contributed by atoms with Crippen molar-refractivity contribution in [1.82, 2.24) is 0 Å². The zero-order chi connectivity index (χ0) is 13.5. The van der Waals surface area contributed by atoms with E-state index in [2.05, 4.69) is 13.8 Å². The molecule has 1 aromatic rings. The fraction of sp³-hybridized carbons (Fsp3) is 0.571. The minimum atomic E-state index is -0.500. The number of phenols is 1.